The molecule has 0 aliphatic heterocycles. The Balaban J connectivity index is 2.57. The van der Waals surface area contributed by atoms with E-state index in [9.17, 15) is 13.2 Å². The van der Waals surface area contributed by atoms with Gasteiger partial charge in [0.25, 0.3) is 0 Å². The normalized spacial score (nSPS) is 11.6. The van der Waals surface area contributed by atoms with Crippen LogP contribution in [0.3, 0.4) is 0 Å². The predicted octanol–water partition coefficient (Wildman–Crippen LogP) is 0.454. The van der Waals surface area contributed by atoms with Crippen molar-refractivity contribution in [3.63, 3.8) is 0 Å². The van der Waals surface area contributed by atoms with E-state index in [0.717, 1.165) is 5.56 Å². The number of nitrogens with one attached hydrogen (secondary N) is 1. The quantitative estimate of drug-likeness (QED) is 0.584. The summed E-state index contributed by atoms with van der Waals surface area (Å²) in [4.78, 5) is 11.6. The van der Waals surface area contributed by atoms with Crippen molar-refractivity contribution in [1.29, 1.82) is 0 Å². The minimum Gasteiger partial charge on any atom is -0.465 e. The van der Waals surface area contributed by atoms with E-state index in [1.54, 1.807) is 18.2 Å². The number of carbonyl (C=O) groups is 1. The molecule has 20 heavy (non-hydrogen) atoms. The molecule has 7 heteroatoms. The van der Waals surface area contributed by atoms with Gasteiger partial charge in [-0.1, -0.05) is 18.2 Å². The van der Waals surface area contributed by atoms with Gasteiger partial charge >= 0.3 is 5.97 Å². The van der Waals surface area contributed by atoms with Gasteiger partial charge in [-0.05, 0) is 11.6 Å². The van der Waals surface area contributed by atoms with Crippen LogP contribution < -0.4 is 5.32 Å². The predicted molar refractivity (Wildman–Crippen MR) is 77.0 cm³/mol. The number of nitrogens with zero attached hydrogens (tertiary/aromatic N) is 1. The maximum absolute atomic E-state index is 11.6. The SMILES string of the molecule is COC(=O)c1ccccc1CNCCS(=O)(=O)N(C)C. The summed E-state index contributed by atoms with van der Waals surface area (Å²) in [6, 6.07) is 7.06. The first-order chi connectivity index (χ1) is 9.38. The highest BCUT2D eigenvalue weighted by atomic mass is 32.2. The van der Waals surface area contributed by atoms with Crippen molar-refractivity contribution in [3.8, 4) is 0 Å². The number of rotatable bonds is 7. The van der Waals surface area contributed by atoms with Crippen molar-refractivity contribution < 1.29 is 17.9 Å². The number of hydrogen-bond donors (Lipinski definition) is 1. The van der Waals surface area contributed by atoms with Gasteiger partial charge < -0.3 is 10.1 Å². The van der Waals surface area contributed by atoms with Crippen molar-refractivity contribution >= 4 is 16.0 Å². The molecule has 112 valence electrons. The smallest absolute Gasteiger partial charge is 0.338 e. The maximum Gasteiger partial charge on any atom is 0.338 e. The number of esters is 1. The average Bonchev–Trinajstić information content (AvgIpc) is 2.43. The van der Waals surface area contributed by atoms with Gasteiger partial charge in [-0.25, -0.2) is 17.5 Å². The molecule has 0 aromatic heterocycles. The van der Waals surface area contributed by atoms with Crippen LogP contribution in [-0.2, 0) is 21.3 Å². The van der Waals surface area contributed by atoms with Crippen LogP contribution in [0.5, 0.6) is 0 Å². The Morgan fingerprint density at radius 2 is 1.95 bits per heavy atom. The van der Waals surface area contributed by atoms with Crippen LogP contribution in [0, 0.1) is 0 Å². The fourth-order valence-electron chi connectivity index (χ4n) is 1.59. The molecule has 0 amide bonds. The first-order valence-corrected chi connectivity index (χ1v) is 7.76. The highest BCUT2D eigenvalue weighted by molar-refractivity contribution is 7.89. The van der Waals surface area contributed by atoms with Gasteiger partial charge in [-0.15, -0.1) is 0 Å². The lowest BCUT2D eigenvalue weighted by Gasteiger charge is -2.12. The van der Waals surface area contributed by atoms with Gasteiger partial charge in [0.15, 0.2) is 0 Å². The fraction of sp³-hybridized carbons (Fsp3) is 0.462. The monoisotopic (exact) mass is 300 g/mol. The van der Waals surface area contributed by atoms with E-state index >= 15 is 0 Å². The van der Waals surface area contributed by atoms with Gasteiger partial charge in [0, 0.05) is 27.2 Å². The molecule has 0 saturated carbocycles. The van der Waals surface area contributed by atoms with E-state index in [0.29, 0.717) is 18.7 Å². The Morgan fingerprint density at radius 3 is 2.55 bits per heavy atom. The standard InChI is InChI=1S/C13H20N2O4S/c1-15(2)20(17,18)9-8-14-10-11-6-4-5-7-12(11)13(16)19-3/h4-7,14H,8-10H2,1-3H3. The molecule has 0 bridgehead atoms. The number of carbonyl (C=O) groups excluding carboxylic acids is 1. The summed E-state index contributed by atoms with van der Waals surface area (Å²) < 4.78 is 29.0. The molecule has 0 aliphatic carbocycles. The zero-order valence-corrected chi connectivity index (χ0v) is 12.7. The molecule has 1 N–H and O–H groups in total. The van der Waals surface area contributed by atoms with Gasteiger partial charge in [-0.3, -0.25) is 0 Å². The Morgan fingerprint density at radius 1 is 1.30 bits per heavy atom. The Hall–Kier alpha value is -1.44. The van der Waals surface area contributed by atoms with E-state index in [1.165, 1.54) is 25.5 Å². The Labute approximate surface area is 119 Å². The van der Waals surface area contributed by atoms with Crippen molar-refractivity contribution in [3.05, 3.63) is 35.4 Å². The van der Waals surface area contributed by atoms with Crippen LogP contribution in [0.2, 0.25) is 0 Å². The molecule has 1 aromatic carbocycles. The third-order valence-electron chi connectivity index (χ3n) is 2.83. The van der Waals surface area contributed by atoms with E-state index in [2.05, 4.69) is 5.32 Å². The second kappa shape index (κ2) is 7.37. The fourth-order valence-corrected chi connectivity index (χ4v) is 2.36. The second-order valence-electron chi connectivity index (χ2n) is 4.42. The van der Waals surface area contributed by atoms with Gasteiger partial charge in [-0.2, -0.15) is 0 Å². The molecule has 0 saturated heterocycles. The molecule has 0 fully saturated rings. The van der Waals surface area contributed by atoms with Crippen LogP contribution in [0.25, 0.3) is 0 Å². The lowest BCUT2D eigenvalue weighted by molar-refractivity contribution is 0.0599. The van der Waals surface area contributed by atoms with E-state index in [1.807, 2.05) is 6.07 Å². The van der Waals surface area contributed by atoms with Crippen molar-refractivity contribution in [1.82, 2.24) is 9.62 Å². The molecular weight excluding hydrogens is 280 g/mol. The summed E-state index contributed by atoms with van der Waals surface area (Å²) in [5, 5.41) is 3.02. The summed E-state index contributed by atoms with van der Waals surface area (Å²) >= 11 is 0. The third kappa shape index (κ3) is 4.59. The highest BCUT2D eigenvalue weighted by Crippen LogP contribution is 2.09. The summed E-state index contributed by atoms with van der Waals surface area (Å²) in [6.07, 6.45) is 0. The minimum atomic E-state index is -3.20. The molecule has 6 nitrogen and oxygen atoms in total. The van der Waals surface area contributed by atoms with Crippen LogP contribution >= 0.6 is 0 Å². The average molecular weight is 300 g/mol. The zero-order valence-electron chi connectivity index (χ0n) is 11.9. The van der Waals surface area contributed by atoms with Gasteiger partial charge in [0.2, 0.25) is 10.0 Å². The van der Waals surface area contributed by atoms with Crippen molar-refractivity contribution in [2.45, 2.75) is 6.54 Å². The highest BCUT2D eigenvalue weighted by Gasteiger charge is 2.13. The first-order valence-electron chi connectivity index (χ1n) is 6.15. The molecule has 0 atom stereocenters. The number of benzene rings is 1. The Bertz CT molecular complexity index is 555. The van der Waals surface area contributed by atoms with Crippen LogP contribution in [0.1, 0.15) is 15.9 Å². The lowest BCUT2D eigenvalue weighted by Crippen LogP contribution is -2.31. The van der Waals surface area contributed by atoms with Crippen LogP contribution in [-0.4, -0.2) is 52.2 Å². The third-order valence-corrected chi connectivity index (χ3v) is 4.66. The lowest BCUT2D eigenvalue weighted by atomic mass is 10.1. The van der Waals surface area contributed by atoms with Crippen molar-refractivity contribution in [2.75, 3.05) is 33.5 Å². The molecule has 1 rings (SSSR count). The molecule has 0 aliphatic rings. The van der Waals surface area contributed by atoms with Gasteiger partial charge in [0.1, 0.15) is 0 Å². The number of methoxy groups -OCH3 is 1. The second-order valence-corrected chi connectivity index (χ2v) is 6.73. The van der Waals surface area contributed by atoms with E-state index in [4.69, 9.17) is 4.74 Å². The van der Waals surface area contributed by atoms with E-state index < -0.39 is 16.0 Å². The number of ether oxygens (including phenoxy) is 1. The van der Waals surface area contributed by atoms with Crippen molar-refractivity contribution in [2.24, 2.45) is 0 Å². The molecule has 0 spiro atoms. The summed E-state index contributed by atoms with van der Waals surface area (Å²) in [5.41, 5.74) is 1.26. The molecule has 0 radical (unpaired) electrons. The molecular formula is C13H20N2O4S. The van der Waals surface area contributed by atoms with Gasteiger partial charge in [0.05, 0.1) is 18.4 Å². The van der Waals surface area contributed by atoms with Crippen LogP contribution in [0.15, 0.2) is 24.3 Å². The van der Waals surface area contributed by atoms with E-state index in [-0.39, 0.29) is 5.75 Å². The number of hydrogen-bond acceptors (Lipinski definition) is 5. The molecule has 0 heterocycles. The largest absolute Gasteiger partial charge is 0.465 e. The minimum absolute atomic E-state index is 0.0143. The van der Waals surface area contributed by atoms with Crippen LogP contribution in [0.4, 0.5) is 0 Å². The maximum atomic E-state index is 11.6. The Kier molecular flexibility index (Phi) is 6.12. The summed E-state index contributed by atoms with van der Waals surface area (Å²) in [5.74, 6) is -0.385. The summed E-state index contributed by atoms with van der Waals surface area (Å²) in [7, 11) is 1.13. The first kappa shape index (κ1) is 16.6. The zero-order chi connectivity index (χ0) is 15.2. The summed E-state index contributed by atoms with van der Waals surface area (Å²) in [6.45, 7) is 0.726. The topological polar surface area (TPSA) is 75.7 Å². The number of sulfonamides is 1. The molecule has 1 aromatic rings. The molecule has 0 unspecified atom stereocenters.